The van der Waals surface area contributed by atoms with Crippen LogP contribution in [-0.2, 0) is 17.8 Å². The Labute approximate surface area is 140 Å². The summed E-state index contributed by atoms with van der Waals surface area (Å²) in [5, 5.41) is 1.00. The van der Waals surface area contributed by atoms with Gasteiger partial charge in [-0.15, -0.1) is 0 Å². The molecule has 0 fully saturated rings. The third kappa shape index (κ3) is 3.35. The zero-order valence-electron chi connectivity index (χ0n) is 12.8. The first-order valence-electron chi connectivity index (χ1n) is 7.39. The van der Waals surface area contributed by atoms with E-state index in [0.29, 0.717) is 6.61 Å². The second kappa shape index (κ2) is 6.79. The lowest BCUT2D eigenvalue weighted by Gasteiger charge is -2.07. The standard InChI is InChI=1S/C18H18N2O2S/c1-12-15(10-17(21)20-23)14-8-5-9-16(18(14)19-12)22-11-13-6-3-2-4-7-13/h2-9,19,23H,10-11H2,1H3,(H,20,21). The SMILES string of the molecule is Cc1[nH]c2c(OCc3ccccc3)cccc2c1CC(=O)NS. The lowest BCUT2D eigenvalue weighted by atomic mass is 10.1. The van der Waals surface area contributed by atoms with Crippen LogP contribution in [0.2, 0.25) is 0 Å². The fraction of sp³-hybridized carbons (Fsp3) is 0.167. The molecule has 0 unspecified atom stereocenters. The van der Waals surface area contributed by atoms with Gasteiger partial charge in [0.05, 0.1) is 11.9 Å². The number of ether oxygens (including phenoxy) is 1. The smallest absolute Gasteiger partial charge is 0.234 e. The van der Waals surface area contributed by atoms with E-state index in [9.17, 15) is 4.79 Å². The van der Waals surface area contributed by atoms with Crippen LogP contribution < -0.4 is 9.46 Å². The summed E-state index contributed by atoms with van der Waals surface area (Å²) in [4.78, 5) is 15.0. The van der Waals surface area contributed by atoms with Crippen molar-refractivity contribution in [2.45, 2.75) is 20.0 Å². The number of H-pyrrole nitrogens is 1. The van der Waals surface area contributed by atoms with E-state index in [4.69, 9.17) is 4.74 Å². The highest BCUT2D eigenvalue weighted by Crippen LogP contribution is 2.30. The van der Waals surface area contributed by atoms with Crippen molar-refractivity contribution in [2.24, 2.45) is 0 Å². The summed E-state index contributed by atoms with van der Waals surface area (Å²) in [5.74, 6) is 0.653. The van der Waals surface area contributed by atoms with Crippen LogP contribution >= 0.6 is 12.8 Å². The number of aryl methyl sites for hydroxylation is 1. The molecular formula is C18H18N2O2S. The maximum absolute atomic E-state index is 11.6. The van der Waals surface area contributed by atoms with Crippen LogP contribution in [0, 0.1) is 6.92 Å². The van der Waals surface area contributed by atoms with E-state index in [0.717, 1.165) is 33.5 Å². The number of rotatable bonds is 5. The molecule has 0 radical (unpaired) electrons. The fourth-order valence-electron chi connectivity index (χ4n) is 2.66. The van der Waals surface area contributed by atoms with Gasteiger partial charge in [-0.2, -0.15) is 0 Å². The second-order valence-corrected chi connectivity index (χ2v) is 5.62. The zero-order valence-corrected chi connectivity index (χ0v) is 13.7. The molecule has 0 aliphatic heterocycles. The topological polar surface area (TPSA) is 54.1 Å². The highest BCUT2D eigenvalue weighted by Gasteiger charge is 2.14. The lowest BCUT2D eigenvalue weighted by Crippen LogP contribution is -2.15. The minimum atomic E-state index is -0.132. The van der Waals surface area contributed by atoms with Gasteiger partial charge in [0.25, 0.3) is 0 Å². The van der Waals surface area contributed by atoms with E-state index in [-0.39, 0.29) is 12.3 Å². The van der Waals surface area contributed by atoms with Gasteiger partial charge in [0.2, 0.25) is 5.91 Å². The van der Waals surface area contributed by atoms with Gasteiger partial charge in [-0.05, 0) is 24.1 Å². The maximum atomic E-state index is 11.6. The molecule has 1 aromatic heterocycles. The Morgan fingerprint density at radius 3 is 2.70 bits per heavy atom. The molecule has 2 aromatic carbocycles. The molecule has 23 heavy (non-hydrogen) atoms. The number of nitrogens with one attached hydrogen (secondary N) is 2. The average Bonchev–Trinajstić information content (AvgIpc) is 2.90. The van der Waals surface area contributed by atoms with Gasteiger partial charge in [0.1, 0.15) is 12.4 Å². The molecule has 1 heterocycles. The molecule has 0 aliphatic carbocycles. The summed E-state index contributed by atoms with van der Waals surface area (Å²) in [6.07, 6.45) is 0.289. The Morgan fingerprint density at radius 1 is 1.17 bits per heavy atom. The number of amides is 1. The monoisotopic (exact) mass is 326 g/mol. The van der Waals surface area contributed by atoms with E-state index in [1.165, 1.54) is 0 Å². The molecule has 1 amide bonds. The number of para-hydroxylation sites is 1. The van der Waals surface area contributed by atoms with Crippen molar-refractivity contribution in [2.75, 3.05) is 0 Å². The number of benzene rings is 2. The number of thiol groups is 1. The number of aromatic amines is 1. The van der Waals surface area contributed by atoms with Crippen molar-refractivity contribution in [1.29, 1.82) is 0 Å². The molecule has 0 spiro atoms. The van der Waals surface area contributed by atoms with Crippen LogP contribution in [0.1, 0.15) is 16.8 Å². The van der Waals surface area contributed by atoms with Crippen LogP contribution in [0.3, 0.4) is 0 Å². The number of fused-ring (bicyclic) bond motifs is 1. The van der Waals surface area contributed by atoms with Crippen LogP contribution in [0.4, 0.5) is 0 Å². The number of hydrogen-bond acceptors (Lipinski definition) is 3. The second-order valence-electron chi connectivity index (χ2n) is 5.39. The summed E-state index contributed by atoms with van der Waals surface area (Å²) < 4.78 is 8.32. The Morgan fingerprint density at radius 2 is 1.96 bits per heavy atom. The summed E-state index contributed by atoms with van der Waals surface area (Å²) >= 11 is 3.81. The lowest BCUT2D eigenvalue weighted by molar-refractivity contribution is -0.118. The molecule has 0 saturated carbocycles. The van der Waals surface area contributed by atoms with Crippen molar-refractivity contribution in [1.82, 2.24) is 9.71 Å². The molecule has 0 bridgehead atoms. The Balaban J connectivity index is 1.90. The molecule has 0 saturated heterocycles. The fourth-order valence-corrected chi connectivity index (χ4v) is 2.74. The van der Waals surface area contributed by atoms with Crippen molar-refractivity contribution < 1.29 is 9.53 Å². The highest BCUT2D eigenvalue weighted by atomic mass is 32.1. The molecule has 118 valence electrons. The zero-order chi connectivity index (χ0) is 16.2. The van der Waals surface area contributed by atoms with Gasteiger partial charge >= 0.3 is 0 Å². The molecule has 0 aliphatic rings. The average molecular weight is 326 g/mol. The molecule has 4 nitrogen and oxygen atoms in total. The van der Waals surface area contributed by atoms with E-state index in [1.54, 1.807) is 0 Å². The summed E-state index contributed by atoms with van der Waals surface area (Å²) in [6.45, 7) is 2.46. The molecule has 0 atom stereocenters. The largest absolute Gasteiger partial charge is 0.487 e. The first-order valence-corrected chi connectivity index (χ1v) is 7.83. The van der Waals surface area contributed by atoms with Gasteiger partial charge in [-0.1, -0.05) is 55.3 Å². The Hall–Kier alpha value is -2.40. The highest BCUT2D eigenvalue weighted by molar-refractivity contribution is 7.78. The first-order chi connectivity index (χ1) is 11.2. The maximum Gasteiger partial charge on any atom is 0.234 e. The third-order valence-electron chi connectivity index (χ3n) is 3.82. The van der Waals surface area contributed by atoms with Crippen molar-refractivity contribution in [3.05, 3.63) is 65.4 Å². The summed E-state index contributed by atoms with van der Waals surface area (Å²) in [6, 6.07) is 15.9. The van der Waals surface area contributed by atoms with Crippen molar-refractivity contribution in [3.8, 4) is 5.75 Å². The Bertz CT molecular complexity index is 828. The normalized spacial score (nSPS) is 10.7. The van der Waals surface area contributed by atoms with Crippen molar-refractivity contribution >= 4 is 29.6 Å². The summed E-state index contributed by atoms with van der Waals surface area (Å²) in [7, 11) is 0. The van der Waals surface area contributed by atoms with Gasteiger partial charge < -0.3 is 14.4 Å². The van der Waals surface area contributed by atoms with Gasteiger partial charge in [0.15, 0.2) is 0 Å². The van der Waals surface area contributed by atoms with Crippen LogP contribution in [-0.4, -0.2) is 10.9 Å². The van der Waals surface area contributed by atoms with E-state index in [1.807, 2.05) is 55.5 Å². The van der Waals surface area contributed by atoms with Crippen LogP contribution in [0.5, 0.6) is 5.75 Å². The van der Waals surface area contributed by atoms with Crippen LogP contribution in [0.15, 0.2) is 48.5 Å². The van der Waals surface area contributed by atoms with Gasteiger partial charge in [0, 0.05) is 11.1 Å². The first kappa shape index (κ1) is 15.5. The molecule has 5 heteroatoms. The Kier molecular flexibility index (Phi) is 4.57. The minimum absolute atomic E-state index is 0.132. The molecule has 3 aromatic rings. The number of carbonyl (C=O) groups is 1. The van der Waals surface area contributed by atoms with Gasteiger partial charge in [-0.3, -0.25) is 4.79 Å². The molecule has 3 rings (SSSR count). The van der Waals surface area contributed by atoms with E-state index in [2.05, 4.69) is 22.5 Å². The van der Waals surface area contributed by atoms with Crippen LogP contribution in [0.25, 0.3) is 10.9 Å². The number of aromatic nitrogens is 1. The predicted molar refractivity (Wildman–Crippen MR) is 94.6 cm³/mol. The quantitative estimate of drug-likeness (QED) is 0.628. The minimum Gasteiger partial charge on any atom is -0.487 e. The molecular weight excluding hydrogens is 308 g/mol. The predicted octanol–water partition coefficient (Wildman–Crippen LogP) is 3.56. The molecule has 2 N–H and O–H groups in total. The number of carbonyl (C=O) groups excluding carboxylic acids is 1. The van der Waals surface area contributed by atoms with E-state index >= 15 is 0 Å². The van der Waals surface area contributed by atoms with Crippen molar-refractivity contribution in [3.63, 3.8) is 0 Å². The van der Waals surface area contributed by atoms with Gasteiger partial charge in [-0.25, -0.2) is 0 Å². The van der Waals surface area contributed by atoms with E-state index < -0.39 is 0 Å². The third-order valence-corrected chi connectivity index (χ3v) is 4.07. The number of hydrogen-bond donors (Lipinski definition) is 3. The summed E-state index contributed by atoms with van der Waals surface area (Å²) in [5.41, 5.74) is 3.97.